The molecule has 0 radical (unpaired) electrons. The molecule has 1 saturated heterocycles. The van der Waals surface area contributed by atoms with E-state index in [1.165, 1.54) is 13.0 Å². The number of hydrogen-bond acceptors (Lipinski definition) is 4. The smallest absolute Gasteiger partial charge is 0.198 e. The number of hydrogen-bond donors (Lipinski definition) is 1. The SMILES string of the molecule is CCN1CCC(c2nc(CNC)co2)C1. The first-order valence-electron chi connectivity index (χ1n) is 5.64. The Morgan fingerprint density at radius 2 is 2.53 bits per heavy atom. The second-order valence-corrected chi connectivity index (χ2v) is 4.09. The molecular weight excluding hydrogens is 190 g/mol. The van der Waals surface area contributed by atoms with Gasteiger partial charge in [0.05, 0.1) is 5.69 Å². The lowest BCUT2D eigenvalue weighted by molar-refractivity contribution is 0.344. The Balaban J connectivity index is 1.97. The summed E-state index contributed by atoms with van der Waals surface area (Å²) in [5.41, 5.74) is 1.00. The lowest BCUT2D eigenvalue weighted by Gasteiger charge is -2.10. The molecule has 0 aliphatic carbocycles. The topological polar surface area (TPSA) is 41.3 Å². The zero-order chi connectivity index (χ0) is 10.7. The van der Waals surface area contributed by atoms with Crippen LogP contribution in [0.1, 0.15) is 30.8 Å². The van der Waals surface area contributed by atoms with Gasteiger partial charge in [0, 0.05) is 19.0 Å². The molecule has 0 spiro atoms. The molecule has 1 N–H and O–H groups in total. The van der Waals surface area contributed by atoms with E-state index >= 15 is 0 Å². The van der Waals surface area contributed by atoms with Gasteiger partial charge in [0.2, 0.25) is 0 Å². The van der Waals surface area contributed by atoms with Gasteiger partial charge < -0.3 is 14.6 Å². The van der Waals surface area contributed by atoms with E-state index in [-0.39, 0.29) is 0 Å². The summed E-state index contributed by atoms with van der Waals surface area (Å²) < 4.78 is 5.52. The van der Waals surface area contributed by atoms with Gasteiger partial charge in [0.25, 0.3) is 0 Å². The number of nitrogens with zero attached hydrogens (tertiary/aromatic N) is 2. The molecule has 0 bridgehead atoms. The lowest BCUT2D eigenvalue weighted by atomic mass is 10.1. The highest BCUT2D eigenvalue weighted by atomic mass is 16.3. The molecule has 1 aromatic rings. The van der Waals surface area contributed by atoms with Crippen molar-refractivity contribution in [1.82, 2.24) is 15.2 Å². The predicted octanol–water partition coefficient (Wildman–Crippen LogP) is 1.20. The van der Waals surface area contributed by atoms with Crippen molar-refractivity contribution in [2.45, 2.75) is 25.8 Å². The van der Waals surface area contributed by atoms with Crippen molar-refractivity contribution in [3.63, 3.8) is 0 Å². The molecule has 15 heavy (non-hydrogen) atoms. The van der Waals surface area contributed by atoms with Crippen molar-refractivity contribution in [2.24, 2.45) is 0 Å². The van der Waals surface area contributed by atoms with E-state index in [9.17, 15) is 0 Å². The number of likely N-dealkylation sites (N-methyl/N-ethyl adjacent to an activating group) is 1. The number of likely N-dealkylation sites (tertiary alicyclic amines) is 1. The van der Waals surface area contributed by atoms with Crippen LogP contribution in [0.25, 0.3) is 0 Å². The molecule has 2 rings (SSSR count). The summed E-state index contributed by atoms with van der Waals surface area (Å²) in [4.78, 5) is 6.93. The van der Waals surface area contributed by atoms with Crippen molar-refractivity contribution in [3.8, 4) is 0 Å². The highest BCUT2D eigenvalue weighted by Gasteiger charge is 2.26. The Kier molecular flexibility index (Phi) is 3.38. The second-order valence-electron chi connectivity index (χ2n) is 4.09. The average molecular weight is 209 g/mol. The molecule has 1 aliphatic rings. The van der Waals surface area contributed by atoms with Crippen molar-refractivity contribution < 1.29 is 4.42 Å². The van der Waals surface area contributed by atoms with Crippen LogP contribution in [0.2, 0.25) is 0 Å². The van der Waals surface area contributed by atoms with Crippen LogP contribution in [0.5, 0.6) is 0 Å². The minimum atomic E-state index is 0.496. The van der Waals surface area contributed by atoms with Crippen LogP contribution in [-0.2, 0) is 6.54 Å². The maximum absolute atomic E-state index is 5.52. The molecule has 1 aliphatic heterocycles. The normalized spacial score (nSPS) is 22.4. The number of nitrogens with one attached hydrogen (secondary N) is 1. The first-order chi connectivity index (χ1) is 7.33. The van der Waals surface area contributed by atoms with Crippen LogP contribution < -0.4 is 5.32 Å². The summed E-state index contributed by atoms with van der Waals surface area (Å²) in [6.07, 6.45) is 2.94. The molecule has 1 unspecified atom stereocenters. The number of rotatable bonds is 4. The molecular formula is C11H19N3O. The van der Waals surface area contributed by atoms with Gasteiger partial charge >= 0.3 is 0 Å². The van der Waals surface area contributed by atoms with Gasteiger partial charge in [-0.15, -0.1) is 0 Å². The Hall–Kier alpha value is -0.870. The fraction of sp³-hybridized carbons (Fsp3) is 0.727. The van der Waals surface area contributed by atoms with Crippen LogP contribution in [0, 0.1) is 0 Å². The lowest BCUT2D eigenvalue weighted by Crippen LogP contribution is -2.19. The van der Waals surface area contributed by atoms with Crippen LogP contribution in [0.4, 0.5) is 0 Å². The van der Waals surface area contributed by atoms with Crippen molar-refractivity contribution in [2.75, 3.05) is 26.7 Å². The molecule has 1 fully saturated rings. The van der Waals surface area contributed by atoms with Crippen molar-refractivity contribution in [3.05, 3.63) is 17.8 Å². The molecule has 1 aromatic heterocycles. The Bertz CT molecular complexity index is 311. The fourth-order valence-electron chi connectivity index (χ4n) is 2.09. The van der Waals surface area contributed by atoms with Crippen LogP contribution in [-0.4, -0.2) is 36.6 Å². The summed E-state index contributed by atoms with van der Waals surface area (Å²) in [6.45, 7) is 6.37. The van der Waals surface area contributed by atoms with E-state index in [1.807, 2.05) is 7.05 Å². The van der Waals surface area contributed by atoms with Crippen LogP contribution >= 0.6 is 0 Å². The maximum atomic E-state index is 5.52. The van der Waals surface area contributed by atoms with E-state index in [2.05, 4.69) is 22.1 Å². The average Bonchev–Trinajstić information content (AvgIpc) is 2.85. The van der Waals surface area contributed by atoms with E-state index in [4.69, 9.17) is 4.42 Å². The van der Waals surface area contributed by atoms with Crippen molar-refractivity contribution >= 4 is 0 Å². The third-order valence-corrected chi connectivity index (χ3v) is 3.00. The van der Waals surface area contributed by atoms with Crippen LogP contribution in [0.3, 0.4) is 0 Å². The summed E-state index contributed by atoms with van der Waals surface area (Å²) in [7, 11) is 1.92. The molecule has 4 heteroatoms. The minimum Gasteiger partial charge on any atom is -0.448 e. The first kappa shape index (κ1) is 10.6. The molecule has 1 atom stereocenters. The number of oxazole rings is 1. The standard InChI is InChI=1S/C11H19N3O/c1-3-14-5-4-9(7-14)11-13-10(6-12-2)8-15-11/h8-9,12H,3-7H2,1-2H3. The molecule has 2 heterocycles. The van der Waals surface area contributed by atoms with E-state index < -0.39 is 0 Å². The molecule has 84 valence electrons. The monoisotopic (exact) mass is 209 g/mol. The van der Waals surface area contributed by atoms with Crippen molar-refractivity contribution in [1.29, 1.82) is 0 Å². The second kappa shape index (κ2) is 4.77. The van der Waals surface area contributed by atoms with E-state index in [1.54, 1.807) is 6.26 Å². The summed E-state index contributed by atoms with van der Waals surface area (Å²) in [5, 5.41) is 3.07. The minimum absolute atomic E-state index is 0.496. The van der Waals surface area contributed by atoms with Gasteiger partial charge in [-0.2, -0.15) is 0 Å². The zero-order valence-corrected chi connectivity index (χ0v) is 9.49. The third kappa shape index (κ3) is 2.38. The van der Waals surface area contributed by atoms with E-state index in [0.717, 1.165) is 31.2 Å². The van der Waals surface area contributed by atoms with Gasteiger partial charge in [0.1, 0.15) is 6.26 Å². The highest BCUT2D eigenvalue weighted by molar-refractivity contribution is 5.03. The Labute approximate surface area is 90.7 Å². The molecule has 4 nitrogen and oxygen atoms in total. The zero-order valence-electron chi connectivity index (χ0n) is 9.49. The molecule has 0 aromatic carbocycles. The van der Waals surface area contributed by atoms with E-state index in [0.29, 0.717) is 5.92 Å². The first-order valence-corrected chi connectivity index (χ1v) is 5.64. The third-order valence-electron chi connectivity index (χ3n) is 3.00. The van der Waals surface area contributed by atoms with Gasteiger partial charge in [-0.05, 0) is 26.6 Å². The summed E-state index contributed by atoms with van der Waals surface area (Å²) >= 11 is 0. The number of aromatic nitrogens is 1. The van der Waals surface area contributed by atoms with Gasteiger partial charge in [-0.1, -0.05) is 6.92 Å². The molecule has 0 saturated carbocycles. The fourth-order valence-corrected chi connectivity index (χ4v) is 2.09. The van der Waals surface area contributed by atoms with Crippen LogP contribution in [0.15, 0.2) is 10.7 Å². The van der Waals surface area contributed by atoms with Gasteiger partial charge in [0.15, 0.2) is 5.89 Å². The van der Waals surface area contributed by atoms with Gasteiger partial charge in [-0.3, -0.25) is 0 Å². The molecule has 0 amide bonds. The Morgan fingerprint density at radius 1 is 1.67 bits per heavy atom. The Morgan fingerprint density at radius 3 is 3.20 bits per heavy atom. The van der Waals surface area contributed by atoms with Gasteiger partial charge in [-0.25, -0.2) is 4.98 Å². The summed E-state index contributed by atoms with van der Waals surface area (Å²) in [6, 6.07) is 0. The summed E-state index contributed by atoms with van der Waals surface area (Å²) in [5.74, 6) is 1.41. The largest absolute Gasteiger partial charge is 0.448 e. The predicted molar refractivity (Wildman–Crippen MR) is 58.7 cm³/mol. The highest BCUT2D eigenvalue weighted by Crippen LogP contribution is 2.26. The quantitative estimate of drug-likeness (QED) is 0.809. The maximum Gasteiger partial charge on any atom is 0.198 e.